The molecule has 0 aliphatic rings. The number of carbonyl (C=O) groups excluding carboxylic acids is 3. The molecule has 5 unspecified atom stereocenters. The number of hydrogen-bond acceptors (Lipinski definition) is 8. The van der Waals surface area contributed by atoms with Gasteiger partial charge >= 0.3 is 17.9 Å². The van der Waals surface area contributed by atoms with E-state index in [0.29, 0.717) is 0 Å². The first-order chi connectivity index (χ1) is 13.8. The lowest BCUT2D eigenvalue weighted by Crippen LogP contribution is -2.59. The zero-order valence-corrected chi connectivity index (χ0v) is 16.3. The van der Waals surface area contributed by atoms with Gasteiger partial charge in [0.25, 0.3) is 0 Å². The van der Waals surface area contributed by atoms with E-state index in [1.54, 1.807) is 0 Å². The van der Waals surface area contributed by atoms with Crippen molar-refractivity contribution in [2.24, 2.45) is 5.73 Å². The highest BCUT2D eigenvalue weighted by Gasteiger charge is 2.31. The molecule has 0 aromatic carbocycles. The van der Waals surface area contributed by atoms with E-state index in [1.807, 2.05) is 0 Å². The fraction of sp³-hybridized carbons (Fsp3) is 0.625. The van der Waals surface area contributed by atoms with Crippen LogP contribution in [0.4, 0.5) is 0 Å². The maximum absolute atomic E-state index is 12.3. The maximum atomic E-state index is 12.3. The van der Waals surface area contributed by atoms with E-state index in [0.717, 1.165) is 6.92 Å². The number of carbonyl (C=O) groups is 6. The molecule has 0 aromatic heterocycles. The molecular formula is C16H26N4O10. The molecule has 0 aliphatic heterocycles. The van der Waals surface area contributed by atoms with Crippen LogP contribution in [-0.2, 0) is 28.8 Å². The smallest absolute Gasteiger partial charge is 0.326 e. The van der Waals surface area contributed by atoms with Gasteiger partial charge in [-0.3, -0.25) is 24.0 Å². The summed E-state index contributed by atoms with van der Waals surface area (Å²) in [5.74, 6) is -7.05. The van der Waals surface area contributed by atoms with Gasteiger partial charge in [0, 0.05) is 6.42 Å². The minimum absolute atomic E-state index is 0.384. The quantitative estimate of drug-likeness (QED) is 0.142. The van der Waals surface area contributed by atoms with E-state index in [1.165, 1.54) is 6.92 Å². The summed E-state index contributed by atoms with van der Waals surface area (Å²) in [6, 6.07) is -5.87. The number of rotatable bonds is 13. The molecule has 0 spiro atoms. The number of nitrogens with one attached hydrogen (secondary N) is 3. The molecule has 0 fully saturated rings. The van der Waals surface area contributed by atoms with Crippen LogP contribution in [0, 0.1) is 0 Å². The normalized spacial score (nSPS) is 15.6. The number of aliphatic carboxylic acids is 3. The van der Waals surface area contributed by atoms with Gasteiger partial charge in [0.15, 0.2) is 0 Å². The van der Waals surface area contributed by atoms with Gasteiger partial charge in [-0.2, -0.15) is 0 Å². The number of nitrogens with two attached hydrogens (primary N) is 1. The van der Waals surface area contributed by atoms with Crippen molar-refractivity contribution in [1.82, 2.24) is 16.0 Å². The van der Waals surface area contributed by atoms with E-state index in [2.05, 4.69) is 16.0 Å². The van der Waals surface area contributed by atoms with Crippen LogP contribution in [0.5, 0.6) is 0 Å². The highest BCUT2D eigenvalue weighted by Crippen LogP contribution is 2.01. The van der Waals surface area contributed by atoms with E-state index >= 15 is 0 Å². The highest BCUT2D eigenvalue weighted by atomic mass is 16.4. The van der Waals surface area contributed by atoms with Crippen LogP contribution in [0.3, 0.4) is 0 Å². The predicted octanol–water partition coefficient (Wildman–Crippen LogP) is -3.41. The van der Waals surface area contributed by atoms with Gasteiger partial charge in [0.05, 0.1) is 18.6 Å². The molecule has 0 aromatic rings. The van der Waals surface area contributed by atoms with Crippen LogP contribution in [0.1, 0.15) is 33.1 Å². The molecule has 0 radical (unpaired) electrons. The Balaban J connectivity index is 4.99. The molecule has 0 aliphatic carbocycles. The lowest BCUT2D eigenvalue weighted by atomic mass is 10.1. The topological polar surface area (TPSA) is 245 Å². The largest absolute Gasteiger partial charge is 0.481 e. The number of carboxylic acid groups (broad SMARTS) is 3. The molecule has 0 rings (SSSR count). The summed E-state index contributed by atoms with van der Waals surface area (Å²) >= 11 is 0. The molecule has 0 saturated heterocycles. The third-order valence-electron chi connectivity index (χ3n) is 3.81. The lowest BCUT2D eigenvalue weighted by Gasteiger charge is -2.24. The molecule has 5 atom stereocenters. The molecule has 30 heavy (non-hydrogen) atoms. The Morgan fingerprint density at radius 1 is 0.833 bits per heavy atom. The SMILES string of the molecule is CC(NC(=O)C(NC(=O)C(N)CC(=O)O)C(C)O)C(=O)NC(CCC(=O)O)C(=O)O. The van der Waals surface area contributed by atoms with Crippen molar-refractivity contribution in [2.45, 2.75) is 63.4 Å². The van der Waals surface area contributed by atoms with Crippen molar-refractivity contribution in [2.75, 3.05) is 0 Å². The van der Waals surface area contributed by atoms with Crippen LogP contribution in [-0.4, -0.2) is 86.3 Å². The Morgan fingerprint density at radius 3 is 1.83 bits per heavy atom. The third-order valence-corrected chi connectivity index (χ3v) is 3.81. The molecule has 3 amide bonds. The summed E-state index contributed by atoms with van der Waals surface area (Å²) in [6.45, 7) is 2.35. The summed E-state index contributed by atoms with van der Waals surface area (Å²) in [5, 5.41) is 42.3. The number of hydrogen-bond donors (Lipinski definition) is 8. The van der Waals surface area contributed by atoms with E-state index in [-0.39, 0.29) is 6.42 Å². The van der Waals surface area contributed by atoms with Gasteiger partial charge in [-0.05, 0) is 20.3 Å². The van der Waals surface area contributed by atoms with Crippen molar-refractivity contribution in [1.29, 1.82) is 0 Å². The van der Waals surface area contributed by atoms with Crippen molar-refractivity contribution in [3.8, 4) is 0 Å². The molecule has 170 valence electrons. The second-order valence-corrected chi connectivity index (χ2v) is 6.49. The van der Waals surface area contributed by atoms with Gasteiger partial charge in [-0.1, -0.05) is 0 Å². The van der Waals surface area contributed by atoms with Crippen LogP contribution in [0.25, 0.3) is 0 Å². The molecule has 14 heteroatoms. The van der Waals surface area contributed by atoms with Crippen molar-refractivity contribution < 1.29 is 49.2 Å². The van der Waals surface area contributed by atoms with Crippen LogP contribution < -0.4 is 21.7 Å². The summed E-state index contributed by atoms with van der Waals surface area (Å²) in [6.07, 6.45) is -3.05. The van der Waals surface area contributed by atoms with E-state index in [4.69, 9.17) is 21.1 Å². The summed E-state index contributed by atoms with van der Waals surface area (Å²) in [5.41, 5.74) is 5.38. The molecule has 0 heterocycles. The molecule has 0 bridgehead atoms. The van der Waals surface area contributed by atoms with Gasteiger partial charge in [-0.15, -0.1) is 0 Å². The van der Waals surface area contributed by atoms with E-state index in [9.17, 15) is 33.9 Å². The number of aliphatic hydroxyl groups excluding tert-OH is 1. The van der Waals surface area contributed by atoms with Crippen LogP contribution in [0.15, 0.2) is 0 Å². The third kappa shape index (κ3) is 9.79. The minimum atomic E-state index is -1.57. The summed E-state index contributed by atoms with van der Waals surface area (Å²) < 4.78 is 0. The zero-order valence-electron chi connectivity index (χ0n) is 16.3. The fourth-order valence-electron chi connectivity index (χ4n) is 2.14. The average Bonchev–Trinajstić information content (AvgIpc) is 2.60. The Hall–Kier alpha value is -3.26. The predicted molar refractivity (Wildman–Crippen MR) is 97.9 cm³/mol. The Kier molecular flexibility index (Phi) is 11.0. The fourth-order valence-corrected chi connectivity index (χ4v) is 2.14. The first-order valence-electron chi connectivity index (χ1n) is 8.77. The van der Waals surface area contributed by atoms with E-state index < -0.39 is 78.7 Å². The standard InChI is InChI=1S/C16H26N4O10/c1-6(13(26)19-9(16(29)30)3-4-10(22)23)18-15(28)12(7(2)21)20-14(27)8(17)5-11(24)25/h6-9,12,21H,3-5,17H2,1-2H3,(H,18,28)(H,19,26)(H,20,27)(H,22,23)(H,24,25)(H,29,30). The van der Waals surface area contributed by atoms with Gasteiger partial charge < -0.3 is 42.1 Å². The second-order valence-electron chi connectivity index (χ2n) is 6.49. The van der Waals surface area contributed by atoms with Crippen LogP contribution in [0.2, 0.25) is 0 Å². The monoisotopic (exact) mass is 434 g/mol. The van der Waals surface area contributed by atoms with Crippen LogP contribution >= 0.6 is 0 Å². The second kappa shape index (κ2) is 12.3. The Bertz CT molecular complexity index is 681. The lowest BCUT2D eigenvalue weighted by molar-refractivity contribution is -0.143. The number of aliphatic hydroxyl groups is 1. The Morgan fingerprint density at radius 2 is 1.40 bits per heavy atom. The molecule has 0 saturated carbocycles. The minimum Gasteiger partial charge on any atom is -0.481 e. The Labute approximate surface area is 170 Å². The summed E-state index contributed by atoms with van der Waals surface area (Å²) in [7, 11) is 0. The first-order valence-corrected chi connectivity index (χ1v) is 8.77. The average molecular weight is 434 g/mol. The van der Waals surface area contributed by atoms with Crippen molar-refractivity contribution >= 4 is 35.6 Å². The maximum Gasteiger partial charge on any atom is 0.326 e. The first kappa shape index (κ1) is 26.7. The number of amides is 3. The van der Waals surface area contributed by atoms with Gasteiger partial charge in [-0.25, -0.2) is 4.79 Å². The molecule has 9 N–H and O–H groups in total. The zero-order chi connectivity index (χ0) is 23.6. The van der Waals surface area contributed by atoms with Crippen molar-refractivity contribution in [3.63, 3.8) is 0 Å². The summed E-state index contributed by atoms with van der Waals surface area (Å²) in [4.78, 5) is 68.6. The molecule has 14 nitrogen and oxygen atoms in total. The van der Waals surface area contributed by atoms with Gasteiger partial charge in [0.2, 0.25) is 17.7 Å². The number of carboxylic acids is 3. The van der Waals surface area contributed by atoms with Crippen molar-refractivity contribution in [3.05, 3.63) is 0 Å². The molecular weight excluding hydrogens is 408 g/mol. The van der Waals surface area contributed by atoms with Gasteiger partial charge in [0.1, 0.15) is 18.1 Å². The highest BCUT2D eigenvalue weighted by molar-refractivity contribution is 5.94.